The Labute approximate surface area is 114 Å². The van der Waals surface area contributed by atoms with Gasteiger partial charge in [0.1, 0.15) is 0 Å². The highest BCUT2D eigenvalue weighted by atomic mass is 15.3. The van der Waals surface area contributed by atoms with Gasteiger partial charge in [-0.05, 0) is 43.0 Å². The number of aryl methyl sites for hydroxylation is 1. The molecular formula is C16H21N3. The molecule has 0 radical (unpaired) electrons. The first-order chi connectivity index (χ1) is 9.31. The van der Waals surface area contributed by atoms with E-state index in [9.17, 15) is 0 Å². The third kappa shape index (κ3) is 2.19. The minimum atomic E-state index is 0.226. The van der Waals surface area contributed by atoms with Crippen molar-refractivity contribution >= 4 is 0 Å². The highest BCUT2D eigenvalue weighted by Gasteiger charge is 2.25. The normalized spacial score (nSPS) is 17.2. The van der Waals surface area contributed by atoms with E-state index in [1.807, 2.05) is 25.0 Å². The Bertz CT molecular complexity index is 555. The van der Waals surface area contributed by atoms with Crippen molar-refractivity contribution in [3.63, 3.8) is 0 Å². The molecule has 2 aromatic rings. The zero-order chi connectivity index (χ0) is 13.2. The Balaban J connectivity index is 2.02. The summed E-state index contributed by atoms with van der Waals surface area (Å²) >= 11 is 0. The van der Waals surface area contributed by atoms with Crippen LogP contribution in [0.2, 0.25) is 0 Å². The summed E-state index contributed by atoms with van der Waals surface area (Å²) in [5.41, 5.74) is 4.13. The molecule has 1 N–H and O–H groups in total. The van der Waals surface area contributed by atoms with E-state index in [1.54, 1.807) is 0 Å². The lowest BCUT2D eigenvalue weighted by Gasteiger charge is -2.30. The van der Waals surface area contributed by atoms with Gasteiger partial charge >= 0.3 is 0 Å². The van der Waals surface area contributed by atoms with Gasteiger partial charge in [-0.15, -0.1) is 0 Å². The fourth-order valence-electron chi connectivity index (χ4n) is 2.99. The fourth-order valence-corrected chi connectivity index (χ4v) is 2.99. The summed E-state index contributed by atoms with van der Waals surface area (Å²) in [7, 11) is 4.03. The Morgan fingerprint density at radius 2 is 2.05 bits per heavy atom. The van der Waals surface area contributed by atoms with E-state index in [-0.39, 0.29) is 6.04 Å². The number of hydrogen-bond donors (Lipinski definition) is 1. The maximum absolute atomic E-state index is 4.30. The van der Waals surface area contributed by atoms with Crippen molar-refractivity contribution in [2.75, 3.05) is 7.05 Å². The van der Waals surface area contributed by atoms with Crippen molar-refractivity contribution in [2.24, 2.45) is 7.05 Å². The van der Waals surface area contributed by atoms with Crippen LogP contribution in [0.25, 0.3) is 0 Å². The van der Waals surface area contributed by atoms with Crippen LogP contribution in [0.5, 0.6) is 0 Å². The molecule has 0 spiro atoms. The summed E-state index contributed by atoms with van der Waals surface area (Å²) in [5.74, 6) is 0.750. The molecule has 1 aromatic heterocycles. The topological polar surface area (TPSA) is 29.9 Å². The Morgan fingerprint density at radius 3 is 2.63 bits per heavy atom. The van der Waals surface area contributed by atoms with Crippen LogP contribution in [0.1, 0.15) is 48.0 Å². The molecule has 1 fully saturated rings. The monoisotopic (exact) mass is 255 g/mol. The first-order valence-electron chi connectivity index (χ1n) is 7.05. The van der Waals surface area contributed by atoms with Gasteiger partial charge in [-0.25, -0.2) is 0 Å². The third-order valence-corrected chi connectivity index (χ3v) is 4.30. The number of hydrogen-bond acceptors (Lipinski definition) is 2. The maximum atomic E-state index is 4.30. The van der Waals surface area contributed by atoms with Gasteiger partial charge in [0.25, 0.3) is 0 Å². The lowest BCUT2D eigenvalue weighted by molar-refractivity contribution is 0.414. The molecule has 3 nitrogen and oxygen atoms in total. The second-order valence-electron chi connectivity index (χ2n) is 5.36. The summed E-state index contributed by atoms with van der Waals surface area (Å²) in [6.45, 7) is 0. The van der Waals surface area contributed by atoms with E-state index >= 15 is 0 Å². The molecule has 3 heteroatoms. The van der Waals surface area contributed by atoms with E-state index in [1.165, 1.54) is 36.1 Å². The molecule has 3 rings (SSSR count). The van der Waals surface area contributed by atoms with Crippen LogP contribution in [-0.4, -0.2) is 16.8 Å². The molecule has 0 aliphatic heterocycles. The maximum Gasteiger partial charge on any atom is 0.0748 e. The zero-order valence-corrected chi connectivity index (χ0v) is 11.6. The van der Waals surface area contributed by atoms with Gasteiger partial charge in [0.2, 0.25) is 0 Å². The molecule has 1 unspecified atom stereocenters. The van der Waals surface area contributed by atoms with Gasteiger partial charge in [0, 0.05) is 13.2 Å². The van der Waals surface area contributed by atoms with E-state index in [2.05, 4.69) is 40.7 Å². The van der Waals surface area contributed by atoms with Gasteiger partial charge < -0.3 is 5.32 Å². The quantitative estimate of drug-likeness (QED) is 0.910. The van der Waals surface area contributed by atoms with Gasteiger partial charge in [-0.2, -0.15) is 5.10 Å². The second kappa shape index (κ2) is 5.17. The summed E-state index contributed by atoms with van der Waals surface area (Å²) in [6.07, 6.45) is 5.90. The number of rotatable bonds is 4. The van der Waals surface area contributed by atoms with Crippen LogP contribution in [-0.2, 0) is 7.05 Å². The fraction of sp³-hybridized carbons (Fsp3) is 0.438. The number of benzene rings is 1. The van der Waals surface area contributed by atoms with Crippen molar-refractivity contribution in [1.82, 2.24) is 15.1 Å². The van der Waals surface area contributed by atoms with Crippen molar-refractivity contribution < 1.29 is 0 Å². The van der Waals surface area contributed by atoms with Gasteiger partial charge in [0.05, 0.1) is 11.7 Å². The first kappa shape index (κ1) is 12.4. The molecule has 1 atom stereocenters. The van der Waals surface area contributed by atoms with Crippen LogP contribution in [0.15, 0.2) is 36.5 Å². The summed E-state index contributed by atoms with van der Waals surface area (Å²) < 4.78 is 1.96. The molecular weight excluding hydrogens is 234 g/mol. The molecule has 1 saturated carbocycles. The predicted molar refractivity (Wildman–Crippen MR) is 77.1 cm³/mol. The summed E-state index contributed by atoms with van der Waals surface area (Å²) in [4.78, 5) is 0. The highest BCUT2D eigenvalue weighted by molar-refractivity contribution is 5.38. The Hall–Kier alpha value is -1.61. The third-order valence-electron chi connectivity index (χ3n) is 4.30. The number of nitrogens with zero attached hydrogens (tertiary/aromatic N) is 2. The largest absolute Gasteiger partial charge is 0.308 e. The minimum absolute atomic E-state index is 0.226. The predicted octanol–water partition coefficient (Wildman–Crippen LogP) is 3.00. The van der Waals surface area contributed by atoms with Crippen molar-refractivity contribution in [3.05, 3.63) is 53.3 Å². The van der Waals surface area contributed by atoms with E-state index in [0.717, 1.165) is 5.92 Å². The van der Waals surface area contributed by atoms with Crippen LogP contribution in [0, 0.1) is 0 Å². The average molecular weight is 255 g/mol. The molecule has 0 amide bonds. The van der Waals surface area contributed by atoms with Crippen LogP contribution >= 0.6 is 0 Å². The van der Waals surface area contributed by atoms with Gasteiger partial charge in [-0.1, -0.05) is 30.7 Å². The molecule has 100 valence electrons. The van der Waals surface area contributed by atoms with E-state index in [0.29, 0.717) is 0 Å². The second-order valence-corrected chi connectivity index (χ2v) is 5.36. The highest BCUT2D eigenvalue weighted by Crippen LogP contribution is 2.40. The zero-order valence-electron chi connectivity index (χ0n) is 11.6. The van der Waals surface area contributed by atoms with E-state index < -0.39 is 0 Å². The Kier molecular flexibility index (Phi) is 3.38. The van der Waals surface area contributed by atoms with Gasteiger partial charge in [0.15, 0.2) is 0 Å². The molecule has 0 bridgehead atoms. The summed E-state index contributed by atoms with van der Waals surface area (Å²) in [6, 6.07) is 11.2. The first-order valence-corrected chi connectivity index (χ1v) is 7.05. The van der Waals surface area contributed by atoms with E-state index in [4.69, 9.17) is 0 Å². The van der Waals surface area contributed by atoms with Crippen molar-refractivity contribution in [1.29, 1.82) is 0 Å². The SMILES string of the molecule is CNC(c1ccccc1C1CCC1)c1ccnn1C. The molecule has 1 heterocycles. The van der Waals surface area contributed by atoms with Crippen LogP contribution in [0.4, 0.5) is 0 Å². The van der Waals surface area contributed by atoms with Crippen LogP contribution < -0.4 is 5.32 Å². The standard InChI is InChI=1S/C16H21N3/c1-17-16(15-10-11-18-19(15)2)14-9-4-3-8-13(14)12-6-5-7-12/h3-4,8-12,16-17H,5-7H2,1-2H3. The molecule has 19 heavy (non-hydrogen) atoms. The van der Waals surface area contributed by atoms with Crippen molar-refractivity contribution in [3.8, 4) is 0 Å². The molecule has 1 aromatic carbocycles. The molecule has 1 aliphatic rings. The summed E-state index contributed by atoms with van der Waals surface area (Å²) in [5, 5.41) is 7.74. The van der Waals surface area contributed by atoms with Crippen LogP contribution in [0.3, 0.4) is 0 Å². The lowest BCUT2D eigenvalue weighted by Crippen LogP contribution is -2.23. The lowest BCUT2D eigenvalue weighted by atomic mass is 9.77. The molecule has 0 saturated heterocycles. The van der Waals surface area contributed by atoms with Gasteiger partial charge in [-0.3, -0.25) is 4.68 Å². The smallest absolute Gasteiger partial charge is 0.0748 e. The molecule has 1 aliphatic carbocycles. The van der Waals surface area contributed by atoms with Crippen molar-refractivity contribution in [2.45, 2.75) is 31.2 Å². The Morgan fingerprint density at radius 1 is 1.26 bits per heavy atom. The number of nitrogens with one attached hydrogen (secondary N) is 1. The number of aromatic nitrogens is 2. The average Bonchev–Trinajstić information content (AvgIpc) is 2.77. The minimum Gasteiger partial charge on any atom is -0.308 e.